The number of aromatic amines is 1. The third-order valence-corrected chi connectivity index (χ3v) is 8.54. The number of pyridine rings is 1. The Hall–Kier alpha value is -3.17. The minimum atomic E-state index is -3.72. The maximum absolute atomic E-state index is 13.6. The van der Waals surface area contributed by atoms with Gasteiger partial charge in [0.15, 0.2) is 0 Å². The topological polar surface area (TPSA) is 103 Å². The molecule has 3 aromatic rings. The number of hydrogen-bond acceptors (Lipinski definition) is 5. The van der Waals surface area contributed by atoms with Crippen LogP contribution < -0.4 is 15.8 Å². The molecule has 1 saturated heterocycles. The number of carbonyl (C=O) groups excluding carboxylic acids is 1. The second kappa shape index (κ2) is 10.1. The highest BCUT2D eigenvalue weighted by Gasteiger charge is 2.30. The van der Waals surface area contributed by atoms with Gasteiger partial charge in [0.1, 0.15) is 0 Å². The molecule has 0 spiro atoms. The smallest absolute Gasteiger partial charge is 0.257 e. The minimum Gasteiger partial charge on any atom is -0.368 e. The molecule has 1 fully saturated rings. The van der Waals surface area contributed by atoms with E-state index in [0.717, 1.165) is 46.7 Å². The molecule has 0 aliphatic carbocycles. The average molecular weight is 511 g/mol. The van der Waals surface area contributed by atoms with Gasteiger partial charge in [0.25, 0.3) is 5.91 Å². The van der Waals surface area contributed by atoms with Crippen LogP contribution in [0.3, 0.4) is 0 Å². The fourth-order valence-corrected chi connectivity index (χ4v) is 5.89. The lowest BCUT2D eigenvalue weighted by molar-refractivity contribution is 0.102. The van der Waals surface area contributed by atoms with E-state index in [1.807, 2.05) is 13.0 Å². The van der Waals surface area contributed by atoms with Crippen LogP contribution in [0.4, 0.5) is 11.4 Å². The van der Waals surface area contributed by atoms with Crippen LogP contribution in [0, 0.1) is 12.8 Å². The van der Waals surface area contributed by atoms with E-state index >= 15 is 0 Å². The SMILES string of the molecule is Cc1cc(=O)[nH]c2ccc(NC(=O)c3cc(S(=O)(=O)N(C)C)ccc3N3CCCC3CC(C)C)cc12. The number of rotatable bonds is 7. The molecule has 9 heteroatoms. The fraction of sp³-hybridized carbons (Fsp3) is 0.407. The van der Waals surface area contributed by atoms with Gasteiger partial charge in [-0.1, -0.05) is 13.8 Å². The Morgan fingerprint density at radius 2 is 1.92 bits per heavy atom. The Morgan fingerprint density at radius 1 is 1.17 bits per heavy atom. The molecule has 192 valence electrons. The highest BCUT2D eigenvalue weighted by atomic mass is 32.2. The molecule has 2 heterocycles. The summed E-state index contributed by atoms with van der Waals surface area (Å²) >= 11 is 0. The van der Waals surface area contributed by atoms with Gasteiger partial charge in [-0.25, -0.2) is 12.7 Å². The molecular weight excluding hydrogens is 476 g/mol. The number of H-pyrrole nitrogens is 1. The van der Waals surface area contributed by atoms with Gasteiger partial charge >= 0.3 is 0 Å². The van der Waals surface area contributed by atoms with Gasteiger partial charge in [0, 0.05) is 55.0 Å². The van der Waals surface area contributed by atoms with Gasteiger partial charge in [0.2, 0.25) is 15.6 Å². The molecule has 2 N–H and O–H groups in total. The minimum absolute atomic E-state index is 0.0768. The fourth-order valence-electron chi connectivity index (χ4n) is 4.96. The summed E-state index contributed by atoms with van der Waals surface area (Å²) in [5.41, 5.74) is 2.95. The summed E-state index contributed by atoms with van der Waals surface area (Å²) in [4.78, 5) is 30.5. The van der Waals surface area contributed by atoms with Crippen molar-refractivity contribution in [3.8, 4) is 0 Å². The van der Waals surface area contributed by atoms with Crippen molar-refractivity contribution in [2.45, 2.75) is 51.0 Å². The van der Waals surface area contributed by atoms with Crippen molar-refractivity contribution < 1.29 is 13.2 Å². The standard InChI is InChI=1S/C27H34N4O4S/c1-17(2)13-20-7-6-12-31(20)25-11-9-21(36(34,35)30(4)5)16-23(25)27(33)28-19-8-10-24-22(15-19)18(3)14-26(32)29-24/h8-11,14-17,20H,6-7,12-13H2,1-5H3,(H,28,33)(H,29,32). The van der Waals surface area contributed by atoms with Crippen molar-refractivity contribution in [2.24, 2.45) is 5.92 Å². The molecule has 0 bridgehead atoms. The van der Waals surface area contributed by atoms with Gasteiger partial charge in [-0.3, -0.25) is 9.59 Å². The number of carbonyl (C=O) groups is 1. The Bertz CT molecular complexity index is 1460. The van der Waals surface area contributed by atoms with Gasteiger partial charge in [0.05, 0.1) is 10.5 Å². The number of nitrogens with zero attached hydrogens (tertiary/aromatic N) is 2. The number of aromatic nitrogens is 1. The molecular formula is C27H34N4O4S. The number of benzene rings is 2. The lowest BCUT2D eigenvalue weighted by Gasteiger charge is -2.30. The second-order valence-corrected chi connectivity index (χ2v) is 12.3. The number of fused-ring (bicyclic) bond motifs is 1. The first-order chi connectivity index (χ1) is 17.0. The van der Waals surface area contributed by atoms with Crippen LogP contribution in [0.15, 0.2) is 52.2 Å². The van der Waals surface area contributed by atoms with Crippen molar-refractivity contribution in [3.05, 3.63) is 63.9 Å². The summed E-state index contributed by atoms with van der Waals surface area (Å²) in [6.07, 6.45) is 3.07. The van der Waals surface area contributed by atoms with Gasteiger partial charge in [-0.15, -0.1) is 0 Å². The predicted octanol–water partition coefficient (Wildman–Crippen LogP) is 4.35. The van der Waals surface area contributed by atoms with Crippen LogP contribution in [0.25, 0.3) is 10.9 Å². The predicted molar refractivity (Wildman–Crippen MR) is 144 cm³/mol. The molecule has 1 unspecified atom stereocenters. The zero-order valence-electron chi connectivity index (χ0n) is 21.5. The van der Waals surface area contributed by atoms with E-state index in [-0.39, 0.29) is 16.4 Å². The second-order valence-electron chi connectivity index (χ2n) is 10.1. The van der Waals surface area contributed by atoms with Crippen LogP contribution in [-0.2, 0) is 10.0 Å². The number of sulfonamides is 1. The molecule has 4 rings (SSSR count). The molecule has 8 nitrogen and oxygen atoms in total. The molecule has 1 atom stereocenters. The Balaban J connectivity index is 1.76. The number of anilines is 2. The van der Waals surface area contributed by atoms with Crippen LogP contribution in [-0.4, -0.2) is 50.3 Å². The van der Waals surface area contributed by atoms with Crippen LogP contribution >= 0.6 is 0 Å². The quantitative estimate of drug-likeness (QED) is 0.492. The lowest BCUT2D eigenvalue weighted by atomic mass is 10.0. The van der Waals surface area contributed by atoms with Gasteiger partial charge < -0.3 is 15.2 Å². The first kappa shape index (κ1) is 25.9. The largest absolute Gasteiger partial charge is 0.368 e. The van der Waals surface area contributed by atoms with E-state index in [1.54, 1.807) is 24.3 Å². The molecule has 1 amide bonds. The summed E-state index contributed by atoms with van der Waals surface area (Å²) in [5, 5.41) is 3.78. The van der Waals surface area contributed by atoms with Crippen molar-refractivity contribution in [3.63, 3.8) is 0 Å². The van der Waals surface area contributed by atoms with E-state index in [0.29, 0.717) is 28.7 Å². The molecule has 0 radical (unpaired) electrons. The number of nitrogens with one attached hydrogen (secondary N) is 2. The Labute approximate surface area is 212 Å². The monoisotopic (exact) mass is 510 g/mol. The van der Waals surface area contributed by atoms with Crippen molar-refractivity contribution >= 4 is 38.2 Å². The molecule has 1 aromatic heterocycles. The van der Waals surface area contributed by atoms with Gasteiger partial charge in [-0.05, 0) is 74.1 Å². The van der Waals surface area contributed by atoms with Gasteiger partial charge in [-0.2, -0.15) is 0 Å². The molecule has 2 aromatic carbocycles. The molecule has 1 aliphatic heterocycles. The Kier molecular flexibility index (Phi) is 7.24. The number of amides is 1. The summed E-state index contributed by atoms with van der Waals surface area (Å²) in [6.45, 7) is 7.04. The molecule has 0 saturated carbocycles. The normalized spacial score (nSPS) is 16.3. The lowest BCUT2D eigenvalue weighted by Crippen LogP contribution is -2.32. The van der Waals surface area contributed by atoms with Crippen molar-refractivity contribution in [1.29, 1.82) is 0 Å². The number of aryl methyl sites for hydroxylation is 1. The zero-order chi connectivity index (χ0) is 26.2. The van der Waals surface area contributed by atoms with E-state index < -0.39 is 10.0 Å². The summed E-state index contributed by atoms with van der Waals surface area (Å²) in [5.74, 6) is 0.131. The third kappa shape index (κ3) is 5.17. The first-order valence-electron chi connectivity index (χ1n) is 12.3. The number of hydrogen-bond donors (Lipinski definition) is 2. The maximum Gasteiger partial charge on any atom is 0.257 e. The van der Waals surface area contributed by atoms with E-state index in [2.05, 4.69) is 29.0 Å². The zero-order valence-corrected chi connectivity index (χ0v) is 22.3. The first-order valence-corrected chi connectivity index (χ1v) is 13.7. The molecule has 36 heavy (non-hydrogen) atoms. The van der Waals surface area contributed by atoms with E-state index in [1.165, 1.54) is 26.2 Å². The van der Waals surface area contributed by atoms with Crippen LogP contribution in [0.5, 0.6) is 0 Å². The summed E-state index contributed by atoms with van der Waals surface area (Å²) in [7, 11) is -0.764. The average Bonchev–Trinajstić information content (AvgIpc) is 3.26. The summed E-state index contributed by atoms with van der Waals surface area (Å²) in [6, 6.07) is 11.9. The summed E-state index contributed by atoms with van der Waals surface area (Å²) < 4.78 is 26.9. The Morgan fingerprint density at radius 3 is 2.61 bits per heavy atom. The van der Waals surface area contributed by atoms with E-state index in [4.69, 9.17) is 0 Å². The third-order valence-electron chi connectivity index (χ3n) is 6.73. The van der Waals surface area contributed by atoms with Crippen molar-refractivity contribution in [2.75, 3.05) is 30.9 Å². The van der Waals surface area contributed by atoms with Crippen LogP contribution in [0.1, 0.15) is 49.0 Å². The van der Waals surface area contributed by atoms with Crippen LogP contribution in [0.2, 0.25) is 0 Å². The molecule has 1 aliphatic rings. The van der Waals surface area contributed by atoms with E-state index in [9.17, 15) is 18.0 Å². The highest BCUT2D eigenvalue weighted by molar-refractivity contribution is 7.89. The highest BCUT2D eigenvalue weighted by Crippen LogP contribution is 2.34. The van der Waals surface area contributed by atoms with Crippen molar-refractivity contribution in [1.82, 2.24) is 9.29 Å². The maximum atomic E-state index is 13.6.